The number of hydrogen-bond acceptors (Lipinski definition) is 3. The molecule has 0 amide bonds. The SMILES string of the molecule is CC(C)c1cc(C(F)(F)C(O)(F)C(F)(F)F)cc(C(C)C)c1NCC(=O)O. The topological polar surface area (TPSA) is 69.6 Å². The molecule has 1 aromatic carbocycles. The van der Waals surface area contributed by atoms with Gasteiger partial charge in [0.2, 0.25) is 0 Å². The molecule has 0 fully saturated rings. The highest BCUT2D eigenvalue weighted by Crippen LogP contribution is 2.50. The monoisotopic (exact) mass is 401 g/mol. The zero-order valence-electron chi connectivity index (χ0n) is 15.1. The summed E-state index contributed by atoms with van der Waals surface area (Å²) in [4.78, 5) is 10.8. The summed E-state index contributed by atoms with van der Waals surface area (Å²) in [5.74, 6) is -13.3. The lowest BCUT2D eigenvalue weighted by Gasteiger charge is -2.32. The largest absolute Gasteiger partial charge is 0.480 e. The van der Waals surface area contributed by atoms with Crippen LogP contribution in [0.5, 0.6) is 0 Å². The Kier molecular flexibility index (Phi) is 6.47. The summed E-state index contributed by atoms with van der Waals surface area (Å²) in [7, 11) is 0. The lowest BCUT2D eigenvalue weighted by Crippen LogP contribution is -2.53. The number of alkyl halides is 6. The van der Waals surface area contributed by atoms with Gasteiger partial charge in [-0.3, -0.25) is 4.79 Å². The number of benzene rings is 1. The van der Waals surface area contributed by atoms with Gasteiger partial charge in [-0.2, -0.15) is 26.3 Å². The molecule has 0 spiro atoms. The maximum atomic E-state index is 14.3. The van der Waals surface area contributed by atoms with Gasteiger partial charge in [-0.25, -0.2) is 0 Å². The zero-order chi connectivity index (χ0) is 21.4. The second-order valence-corrected chi connectivity index (χ2v) is 6.78. The predicted molar refractivity (Wildman–Crippen MR) is 86.8 cm³/mol. The highest BCUT2D eigenvalue weighted by Gasteiger charge is 2.71. The Morgan fingerprint density at radius 3 is 1.70 bits per heavy atom. The van der Waals surface area contributed by atoms with Crippen molar-refractivity contribution in [3.8, 4) is 0 Å². The number of halogens is 6. The van der Waals surface area contributed by atoms with Crippen LogP contribution in [-0.4, -0.2) is 34.8 Å². The van der Waals surface area contributed by atoms with E-state index >= 15 is 0 Å². The van der Waals surface area contributed by atoms with E-state index in [9.17, 15) is 31.1 Å². The normalized spacial score (nSPS) is 15.1. The van der Waals surface area contributed by atoms with Crippen LogP contribution in [-0.2, 0) is 10.7 Å². The first kappa shape index (κ1) is 23.1. The number of aliphatic hydroxyl groups is 1. The summed E-state index contributed by atoms with van der Waals surface area (Å²) in [6.45, 7) is 5.67. The number of carboxylic acid groups (broad SMARTS) is 1. The van der Waals surface area contributed by atoms with Crippen molar-refractivity contribution in [2.45, 2.75) is 57.5 Å². The Bertz CT molecular complexity index is 669. The van der Waals surface area contributed by atoms with E-state index in [2.05, 4.69) is 5.32 Å². The quantitative estimate of drug-likeness (QED) is 0.577. The van der Waals surface area contributed by atoms with E-state index in [0.717, 1.165) is 0 Å². The Morgan fingerprint density at radius 1 is 1.00 bits per heavy atom. The van der Waals surface area contributed by atoms with Gasteiger partial charge < -0.3 is 15.5 Å². The van der Waals surface area contributed by atoms with Crippen LogP contribution in [0.4, 0.5) is 32.0 Å². The number of carbonyl (C=O) groups is 1. The van der Waals surface area contributed by atoms with Crippen molar-refractivity contribution < 1.29 is 41.4 Å². The Morgan fingerprint density at radius 2 is 1.41 bits per heavy atom. The molecule has 0 radical (unpaired) electrons. The molecular formula is C17H21F6NO3. The highest BCUT2D eigenvalue weighted by molar-refractivity contribution is 5.74. The summed E-state index contributed by atoms with van der Waals surface area (Å²) in [5, 5.41) is 20.3. The molecule has 1 rings (SSSR count). The van der Waals surface area contributed by atoms with Gasteiger partial charge in [-0.15, -0.1) is 0 Å². The number of rotatable bonds is 7. The first-order valence-electron chi connectivity index (χ1n) is 8.03. The van der Waals surface area contributed by atoms with Gasteiger partial charge in [0.05, 0.1) is 0 Å². The molecule has 4 nitrogen and oxygen atoms in total. The van der Waals surface area contributed by atoms with Crippen molar-refractivity contribution in [3.63, 3.8) is 0 Å². The number of anilines is 1. The molecule has 0 saturated heterocycles. The molecule has 154 valence electrons. The van der Waals surface area contributed by atoms with Crippen molar-refractivity contribution in [1.82, 2.24) is 0 Å². The minimum atomic E-state index is -6.22. The first-order valence-corrected chi connectivity index (χ1v) is 8.03. The van der Waals surface area contributed by atoms with E-state index in [1.165, 1.54) is 0 Å². The molecule has 27 heavy (non-hydrogen) atoms. The van der Waals surface area contributed by atoms with Crippen molar-refractivity contribution in [2.24, 2.45) is 0 Å². The lowest BCUT2D eigenvalue weighted by atomic mass is 9.87. The average Bonchev–Trinajstić information content (AvgIpc) is 2.50. The molecule has 0 heterocycles. The molecule has 0 saturated carbocycles. The molecule has 0 aliphatic rings. The number of aliphatic carboxylic acids is 1. The summed E-state index contributed by atoms with van der Waals surface area (Å²) < 4.78 is 80.2. The van der Waals surface area contributed by atoms with E-state index in [0.29, 0.717) is 12.1 Å². The van der Waals surface area contributed by atoms with Crippen LogP contribution in [0.1, 0.15) is 56.2 Å². The summed E-state index contributed by atoms with van der Waals surface area (Å²) in [6, 6.07) is 1.30. The maximum absolute atomic E-state index is 14.3. The summed E-state index contributed by atoms with van der Waals surface area (Å²) in [6.07, 6.45) is -6.22. The van der Waals surface area contributed by atoms with Gasteiger partial charge in [0.25, 0.3) is 0 Å². The van der Waals surface area contributed by atoms with Gasteiger partial charge in [0.15, 0.2) is 0 Å². The van der Waals surface area contributed by atoms with E-state index in [1.807, 2.05) is 0 Å². The summed E-state index contributed by atoms with van der Waals surface area (Å²) >= 11 is 0. The lowest BCUT2D eigenvalue weighted by molar-refractivity contribution is -0.390. The van der Waals surface area contributed by atoms with E-state index < -0.39 is 47.9 Å². The average molecular weight is 401 g/mol. The van der Waals surface area contributed by atoms with Crippen molar-refractivity contribution in [1.29, 1.82) is 0 Å². The highest BCUT2D eigenvalue weighted by atomic mass is 19.4. The maximum Gasteiger partial charge on any atom is 0.455 e. The van der Waals surface area contributed by atoms with Gasteiger partial charge in [-0.1, -0.05) is 27.7 Å². The van der Waals surface area contributed by atoms with Crippen LogP contribution in [0.25, 0.3) is 0 Å². The van der Waals surface area contributed by atoms with E-state index in [4.69, 9.17) is 10.2 Å². The smallest absolute Gasteiger partial charge is 0.455 e. The third-order valence-electron chi connectivity index (χ3n) is 4.01. The van der Waals surface area contributed by atoms with Crippen LogP contribution >= 0.6 is 0 Å². The standard InChI is InChI=1S/C17H21F6NO3/c1-8(2)11-5-10(15(18,19)16(20,27)17(21,22)23)6-12(9(3)4)14(11)24-7-13(25)26/h5-6,8-9,24,27H,7H2,1-4H3,(H,25,26). The Labute approximate surface area is 152 Å². The molecule has 0 bridgehead atoms. The Hall–Kier alpha value is -1.97. The third-order valence-corrected chi connectivity index (χ3v) is 4.01. The van der Waals surface area contributed by atoms with Crippen LogP contribution in [0.3, 0.4) is 0 Å². The molecule has 3 N–H and O–H groups in total. The second kappa shape index (κ2) is 7.57. The first-order chi connectivity index (χ1) is 12.0. The molecule has 10 heteroatoms. The molecular weight excluding hydrogens is 380 g/mol. The zero-order valence-corrected chi connectivity index (χ0v) is 15.1. The minimum absolute atomic E-state index is 0.0788. The van der Waals surface area contributed by atoms with Crippen molar-refractivity contribution in [3.05, 3.63) is 28.8 Å². The van der Waals surface area contributed by atoms with Gasteiger partial charge in [0.1, 0.15) is 6.54 Å². The molecule has 1 aromatic rings. The van der Waals surface area contributed by atoms with Crippen LogP contribution in [0.2, 0.25) is 0 Å². The molecule has 0 aromatic heterocycles. The number of nitrogens with one attached hydrogen (secondary N) is 1. The Balaban J connectivity index is 3.70. The molecule has 0 aliphatic heterocycles. The van der Waals surface area contributed by atoms with Crippen LogP contribution in [0.15, 0.2) is 12.1 Å². The molecule has 0 aliphatic carbocycles. The fourth-order valence-electron chi connectivity index (χ4n) is 2.52. The number of hydrogen-bond donors (Lipinski definition) is 3. The fraction of sp³-hybridized carbons (Fsp3) is 0.588. The van der Waals surface area contributed by atoms with Crippen molar-refractivity contribution >= 4 is 11.7 Å². The molecule has 1 unspecified atom stereocenters. The minimum Gasteiger partial charge on any atom is -0.480 e. The van der Waals surface area contributed by atoms with Crippen LogP contribution < -0.4 is 5.32 Å². The van der Waals surface area contributed by atoms with E-state index in [1.54, 1.807) is 27.7 Å². The predicted octanol–water partition coefficient (Wildman–Crippen LogP) is 4.74. The number of carboxylic acids is 1. The van der Waals surface area contributed by atoms with Gasteiger partial charge in [-0.05, 0) is 35.1 Å². The van der Waals surface area contributed by atoms with Crippen molar-refractivity contribution in [2.75, 3.05) is 11.9 Å². The van der Waals surface area contributed by atoms with Gasteiger partial charge in [0, 0.05) is 11.3 Å². The third kappa shape index (κ3) is 4.48. The van der Waals surface area contributed by atoms with Crippen LogP contribution in [0, 0.1) is 0 Å². The molecule has 1 atom stereocenters. The summed E-state index contributed by atoms with van der Waals surface area (Å²) in [5.41, 5.74) is -1.01. The fourth-order valence-corrected chi connectivity index (χ4v) is 2.52. The van der Waals surface area contributed by atoms with E-state index in [-0.39, 0.29) is 16.8 Å². The van der Waals surface area contributed by atoms with Gasteiger partial charge >= 0.3 is 23.9 Å². The second-order valence-electron chi connectivity index (χ2n) is 6.78.